The van der Waals surface area contributed by atoms with Crippen LogP contribution in [0.15, 0.2) is 23.6 Å². The van der Waals surface area contributed by atoms with Crippen molar-refractivity contribution in [2.45, 2.75) is 13.5 Å². The largest absolute Gasteiger partial charge is 0.325 e. The Balaban J connectivity index is 2.39. The highest BCUT2D eigenvalue weighted by Crippen LogP contribution is 2.17. The van der Waals surface area contributed by atoms with Gasteiger partial charge < -0.3 is 5.73 Å². The first-order chi connectivity index (χ1) is 8.11. The van der Waals surface area contributed by atoms with Gasteiger partial charge in [0.2, 0.25) is 5.78 Å². The van der Waals surface area contributed by atoms with Crippen LogP contribution in [0, 0.1) is 12.7 Å². The van der Waals surface area contributed by atoms with Crippen LogP contribution < -0.4 is 5.73 Å². The van der Waals surface area contributed by atoms with Crippen molar-refractivity contribution in [1.82, 2.24) is 4.98 Å². The molecule has 2 rings (SSSR count). The Bertz CT molecular complexity index is 565. The van der Waals surface area contributed by atoms with Crippen LogP contribution in [0.4, 0.5) is 4.39 Å². The zero-order valence-electron chi connectivity index (χ0n) is 9.24. The van der Waals surface area contributed by atoms with Crippen molar-refractivity contribution >= 4 is 17.1 Å². The molecule has 2 aromatic rings. The Morgan fingerprint density at radius 3 is 2.94 bits per heavy atom. The second-order valence-corrected chi connectivity index (χ2v) is 4.59. The molecule has 0 spiro atoms. The maximum atomic E-state index is 13.5. The van der Waals surface area contributed by atoms with Crippen molar-refractivity contribution in [3.8, 4) is 0 Å². The molecule has 0 fully saturated rings. The average molecular weight is 250 g/mol. The summed E-state index contributed by atoms with van der Waals surface area (Å²) in [6.07, 6.45) is 0. The minimum Gasteiger partial charge on any atom is -0.325 e. The van der Waals surface area contributed by atoms with Gasteiger partial charge in [-0.05, 0) is 19.1 Å². The van der Waals surface area contributed by atoms with Crippen molar-refractivity contribution < 1.29 is 9.18 Å². The summed E-state index contributed by atoms with van der Waals surface area (Å²) in [6, 6.07) is 4.44. The first-order valence-corrected chi connectivity index (χ1v) is 5.95. The van der Waals surface area contributed by atoms with Crippen molar-refractivity contribution in [3.63, 3.8) is 0 Å². The molecule has 1 heterocycles. The molecular weight excluding hydrogens is 239 g/mol. The number of hydrogen-bond donors (Lipinski definition) is 1. The summed E-state index contributed by atoms with van der Waals surface area (Å²) in [7, 11) is 0. The average Bonchev–Trinajstić information content (AvgIpc) is 2.80. The second-order valence-electron chi connectivity index (χ2n) is 3.64. The Kier molecular flexibility index (Phi) is 3.31. The first kappa shape index (κ1) is 11.9. The SMILES string of the molecule is Cc1ccc(F)c(C(=O)c2csc(CN)n2)c1. The van der Waals surface area contributed by atoms with Gasteiger partial charge in [-0.25, -0.2) is 9.37 Å². The Hall–Kier alpha value is -1.59. The number of halogens is 1. The molecule has 1 aromatic carbocycles. The Morgan fingerprint density at radius 1 is 1.53 bits per heavy atom. The predicted molar refractivity (Wildman–Crippen MR) is 64.6 cm³/mol. The summed E-state index contributed by atoms with van der Waals surface area (Å²) < 4.78 is 13.5. The van der Waals surface area contributed by atoms with Crippen molar-refractivity contribution in [3.05, 3.63) is 51.2 Å². The normalized spacial score (nSPS) is 10.5. The molecule has 2 N–H and O–H groups in total. The number of nitrogens with two attached hydrogens (primary N) is 1. The molecule has 0 aliphatic heterocycles. The first-order valence-electron chi connectivity index (χ1n) is 5.07. The maximum Gasteiger partial charge on any atom is 0.215 e. The number of rotatable bonds is 3. The lowest BCUT2D eigenvalue weighted by Gasteiger charge is -2.01. The number of carbonyl (C=O) groups excluding carboxylic acids is 1. The number of thiazole rings is 1. The van der Waals surface area contributed by atoms with Crippen LogP contribution in [0.2, 0.25) is 0 Å². The van der Waals surface area contributed by atoms with Gasteiger partial charge in [-0.1, -0.05) is 11.6 Å². The van der Waals surface area contributed by atoms with Crippen LogP contribution in [0.5, 0.6) is 0 Å². The van der Waals surface area contributed by atoms with E-state index in [1.807, 2.05) is 6.92 Å². The van der Waals surface area contributed by atoms with Gasteiger partial charge in [0, 0.05) is 11.9 Å². The molecular formula is C12H11FN2OS. The molecule has 0 amide bonds. The van der Waals surface area contributed by atoms with Crippen LogP contribution in [0.25, 0.3) is 0 Å². The van der Waals surface area contributed by atoms with E-state index < -0.39 is 11.6 Å². The number of benzene rings is 1. The lowest BCUT2D eigenvalue weighted by Crippen LogP contribution is -2.06. The van der Waals surface area contributed by atoms with E-state index in [-0.39, 0.29) is 17.8 Å². The highest BCUT2D eigenvalue weighted by Gasteiger charge is 2.16. The lowest BCUT2D eigenvalue weighted by molar-refractivity contribution is 0.103. The monoisotopic (exact) mass is 250 g/mol. The zero-order valence-corrected chi connectivity index (χ0v) is 10.1. The van der Waals surface area contributed by atoms with Gasteiger partial charge in [0.25, 0.3) is 0 Å². The standard InChI is InChI=1S/C12H11FN2OS/c1-7-2-3-9(13)8(4-7)12(16)10-6-17-11(5-14)15-10/h2-4,6H,5,14H2,1H3. The molecule has 0 saturated carbocycles. The molecule has 0 bridgehead atoms. The van der Waals surface area contributed by atoms with E-state index in [0.29, 0.717) is 5.01 Å². The van der Waals surface area contributed by atoms with E-state index in [1.165, 1.54) is 23.5 Å². The Morgan fingerprint density at radius 2 is 2.29 bits per heavy atom. The maximum absolute atomic E-state index is 13.5. The summed E-state index contributed by atoms with van der Waals surface area (Å²) in [4.78, 5) is 16.1. The predicted octanol–water partition coefficient (Wildman–Crippen LogP) is 2.28. The third kappa shape index (κ3) is 2.40. The fourth-order valence-corrected chi connectivity index (χ4v) is 2.11. The van der Waals surface area contributed by atoms with Crippen molar-refractivity contribution in [2.75, 3.05) is 0 Å². The number of aromatic nitrogens is 1. The highest BCUT2D eigenvalue weighted by atomic mass is 32.1. The summed E-state index contributed by atoms with van der Waals surface area (Å²) in [5, 5.41) is 2.27. The molecule has 1 aromatic heterocycles. The number of nitrogens with zero attached hydrogens (tertiary/aromatic N) is 1. The van der Waals surface area contributed by atoms with Crippen LogP contribution in [0.3, 0.4) is 0 Å². The smallest absolute Gasteiger partial charge is 0.215 e. The van der Waals surface area contributed by atoms with E-state index in [1.54, 1.807) is 11.4 Å². The molecule has 88 valence electrons. The van der Waals surface area contributed by atoms with Crippen LogP contribution in [-0.4, -0.2) is 10.8 Å². The molecule has 0 aliphatic rings. The third-order valence-electron chi connectivity index (χ3n) is 2.33. The molecule has 0 aliphatic carbocycles. The van der Waals surface area contributed by atoms with Gasteiger partial charge in [-0.2, -0.15) is 0 Å². The van der Waals surface area contributed by atoms with Crippen LogP contribution in [0.1, 0.15) is 26.6 Å². The van der Waals surface area contributed by atoms with E-state index >= 15 is 0 Å². The fourth-order valence-electron chi connectivity index (χ4n) is 1.46. The molecule has 3 nitrogen and oxygen atoms in total. The number of ketones is 1. The second kappa shape index (κ2) is 4.73. The third-order valence-corrected chi connectivity index (χ3v) is 3.20. The summed E-state index contributed by atoms with van der Waals surface area (Å²) in [5.74, 6) is -0.926. The zero-order chi connectivity index (χ0) is 12.4. The van der Waals surface area contributed by atoms with Gasteiger partial charge in [-0.3, -0.25) is 4.79 Å². The fraction of sp³-hybridized carbons (Fsp3) is 0.167. The molecule has 17 heavy (non-hydrogen) atoms. The number of aryl methyl sites for hydroxylation is 1. The van der Waals surface area contributed by atoms with Gasteiger partial charge in [0.15, 0.2) is 0 Å². The number of carbonyl (C=O) groups is 1. The van der Waals surface area contributed by atoms with Gasteiger partial charge in [-0.15, -0.1) is 11.3 Å². The van der Waals surface area contributed by atoms with Crippen molar-refractivity contribution in [2.24, 2.45) is 5.73 Å². The quantitative estimate of drug-likeness (QED) is 0.850. The van der Waals surface area contributed by atoms with Crippen LogP contribution in [-0.2, 0) is 6.54 Å². The minimum atomic E-state index is -0.525. The molecule has 0 radical (unpaired) electrons. The molecule has 0 saturated heterocycles. The van der Waals surface area contributed by atoms with Gasteiger partial charge >= 0.3 is 0 Å². The van der Waals surface area contributed by atoms with E-state index in [0.717, 1.165) is 5.56 Å². The van der Waals surface area contributed by atoms with Crippen LogP contribution >= 0.6 is 11.3 Å². The van der Waals surface area contributed by atoms with Gasteiger partial charge in [0.05, 0.1) is 5.56 Å². The Labute approximate surface area is 102 Å². The summed E-state index contributed by atoms with van der Waals surface area (Å²) in [6.45, 7) is 2.09. The van der Waals surface area contributed by atoms with Gasteiger partial charge in [0.1, 0.15) is 16.5 Å². The minimum absolute atomic E-state index is 0.0545. The topological polar surface area (TPSA) is 56.0 Å². The van der Waals surface area contributed by atoms with E-state index in [9.17, 15) is 9.18 Å². The van der Waals surface area contributed by atoms with E-state index in [2.05, 4.69) is 4.98 Å². The highest BCUT2D eigenvalue weighted by molar-refractivity contribution is 7.09. The summed E-state index contributed by atoms with van der Waals surface area (Å²) in [5.41, 5.74) is 6.56. The lowest BCUT2D eigenvalue weighted by atomic mass is 10.1. The van der Waals surface area contributed by atoms with E-state index in [4.69, 9.17) is 5.73 Å². The summed E-state index contributed by atoms with van der Waals surface area (Å²) >= 11 is 1.30. The van der Waals surface area contributed by atoms with Crippen molar-refractivity contribution in [1.29, 1.82) is 0 Å². The molecule has 5 heteroatoms. The number of hydrogen-bond acceptors (Lipinski definition) is 4. The molecule has 0 atom stereocenters. The molecule has 0 unspecified atom stereocenters.